The van der Waals surface area contributed by atoms with Crippen LogP contribution in [0.15, 0.2) is 51.7 Å². The van der Waals surface area contributed by atoms with Gasteiger partial charge in [-0.05, 0) is 23.9 Å². The lowest BCUT2D eigenvalue weighted by atomic mass is 9.93. The molecule has 1 atom stereocenters. The number of benzene rings is 1. The maximum absolute atomic E-state index is 9.74. The number of nitrogens with zero attached hydrogens (tertiary/aromatic N) is 2. The largest absolute Gasteiger partial charge is 0.394 e. The molecule has 0 radical (unpaired) electrons. The van der Waals surface area contributed by atoms with Gasteiger partial charge in [0.05, 0.1) is 18.7 Å². The maximum atomic E-state index is 9.74. The third-order valence-electron chi connectivity index (χ3n) is 3.60. The predicted octanol–water partition coefficient (Wildman–Crippen LogP) is 2.80. The summed E-state index contributed by atoms with van der Waals surface area (Å²) in [6.45, 7) is 2.31. The zero-order valence-electron chi connectivity index (χ0n) is 12.2. The Balaban J connectivity index is 1.71. The van der Waals surface area contributed by atoms with Crippen LogP contribution in [0.25, 0.3) is 11.4 Å². The van der Waals surface area contributed by atoms with Crippen molar-refractivity contribution in [2.24, 2.45) is 0 Å². The molecule has 2 heterocycles. The molecule has 0 spiro atoms. The molecule has 0 saturated heterocycles. The Labute approximate surface area is 132 Å². The van der Waals surface area contributed by atoms with E-state index in [9.17, 15) is 5.11 Å². The van der Waals surface area contributed by atoms with Gasteiger partial charge in [-0.3, -0.25) is 5.32 Å². The van der Waals surface area contributed by atoms with E-state index in [1.165, 1.54) is 0 Å². The fourth-order valence-corrected chi connectivity index (χ4v) is 2.80. The lowest BCUT2D eigenvalue weighted by Crippen LogP contribution is -2.42. The van der Waals surface area contributed by atoms with Crippen molar-refractivity contribution in [3.8, 4) is 11.4 Å². The second-order valence-electron chi connectivity index (χ2n) is 5.23. The highest BCUT2D eigenvalue weighted by Gasteiger charge is 2.25. The van der Waals surface area contributed by atoms with Crippen molar-refractivity contribution >= 4 is 11.3 Å². The number of thiophene rings is 1. The van der Waals surface area contributed by atoms with Crippen molar-refractivity contribution in [2.75, 3.05) is 6.61 Å². The summed E-state index contributed by atoms with van der Waals surface area (Å²) in [6.07, 6.45) is 0. The van der Waals surface area contributed by atoms with Crippen molar-refractivity contribution < 1.29 is 9.63 Å². The van der Waals surface area contributed by atoms with E-state index in [1.807, 2.05) is 54.1 Å². The first kappa shape index (κ1) is 14.9. The monoisotopic (exact) mass is 315 g/mol. The van der Waals surface area contributed by atoms with Gasteiger partial charge in [0.25, 0.3) is 0 Å². The summed E-state index contributed by atoms with van der Waals surface area (Å²) >= 11 is 1.59. The normalized spacial score (nSPS) is 13.9. The van der Waals surface area contributed by atoms with Gasteiger partial charge < -0.3 is 9.63 Å². The molecule has 0 saturated carbocycles. The van der Waals surface area contributed by atoms with Crippen molar-refractivity contribution in [1.82, 2.24) is 15.5 Å². The molecule has 0 fully saturated rings. The molecule has 0 aliphatic carbocycles. The Morgan fingerprint density at radius 3 is 2.77 bits per heavy atom. The quantitative estimate of drug-likeness (QED) is 0.732. The molecule has 6 heteroatoms. The van der Waals surface area contributed by atoms with Gasteiger partial charge in [0, 0.05) is 10.9 Å². The Kier molecular flexibility index (Phi) is 4.33. The second kappa shape index (κ2) is 6.39. The van der Waals surface area contributed by atoms with Crippen LogP contribution in [-0.4, -0.2) is 21.9 Å². The topological polar surface area (TPSA) is 71.2 Å². The first-order chi connectivity index (χ1) is 10.7. The smallest absolute Gasteiger partial charge is 0.240 e. The van der Waals surface area contributed by atoms with Crippen LogP contribution < -0.4 is 5.32 Å². The first-order valence-electron chi connectivity index (χ1n) is 6.98. The number of hydrogen-bond acceptors (Lipinski definition) is 6. The van der Waals surface area contributed by atoms with Crippen LogP contribution in [0.5, 0.6) is 0 Å². The molecular weight excluding hydrogens is 298 g/mol. The van der Waals surface area contributed by atoms with Crippen molar-refractivity contribution in [3.63, 3.8) is 0 Å². The van der Waals surface area contributed by atoms with Crippen molar-refractivity contribution in [3.05, 3.63) is 58.6 Å². The SMILES string of the molecule is C[C@](CO)(NCc1nc(-c2ccsc2)no1)c1ccccc1. The summed E-state index contributed by atoms with van der Waals surface area (Å²) in [5.74, 6) is 1.08. The summed E-state index contributed by atoms with van der Waals surface area (Å²) in [6, 6.07) is 11.8. The van der Waals surface area contributed by atoms with Crippen LogP contribution in [0, 0.1) is 0 Å². The number of hydrogen-bond donors (Lipinski definition) is 2. The molecule has 0 aliphatic heterocycles. The molecule has 22 heavy (non-hydrogen) atoms. The maximum Gasteiger partial charge on any atom is 0.240 e. The Bertz CT molecular complexity index is 712. The summed E-state index contributed by atoms with van der Waals surface area (Å²) in [5.41, 5.74) is 1.40. The zero-order chi connectivity index (χ0) is 15.4. The zero-order valence-corrected chi connectivity index (χ0v) is 13.0. The van der Waals surface area contributed by atoms with Crippen LogP contribution >= 0.6 is 11.3 Å². The predicted molar refractivity (Wildman–Crippen MR) is 85.3 cm³/mol. The van der Waals surface area contributed by atoms with E-state index in [-0.39, 0.29) is 6.61 Å². The fourth-order valence-electron chi connectivity index (χ4n) is 2.16. The molecule has 0 unspecified atom stereocenters. The van der Waals surface area contributed by atoms with Gasteiger partial charge in [0.1, 0.15) is 0 Å². The van der Waals surface area contributed by atoms with Crippen molar-refractivity contribution in [2.45, 2.75) is 19.0 Å². The van der Waals surface area contributed by atoms with Crippen molar-refractivity contribution in [1.29, 1.82) is 0 Å². The van der Waals surface area contributed by atoms with Gasteiger partial charge in [-0.25, -0.2) is 0 Å². The van der Waals surface area contributed by atoms with Gasteiger partial charge in [0.2, 0.25) is 11.7 Å². The molecule has 0 amide bonds. The van der Waals surface area contributed by atoms with E-state index in [2.05, 4.69) is 15.5 Å². The Hall–Kier alpha value is -2.02. The summed E-state index contributed by atoms with van der Waals surface area (Å²) in [7, 11) is 0. The van der Waals surface area contributed by atoms with Gasteiger partial charge in [-0.2, -0.15) is 16.3 Å². The second-order valence-corrected chi connectivity index (χ2v) is 6.01. The minimum Gasteiger partial charge on any atom is -0.394 e. The van der Waals surface area contributed by atoms with Crippen LogP contribution in [0.4, 0.5) is 0 Å². The molecule has 0 aliphatic rings. The number of aromatic nitrogens is 2. The Morgan fingerprint density at radius 1 is 1.27 bits per heavy atom. The minimum absolute atomic E-state index is 0.0253. The number of aliphatic hydroxyl groups is 1. The summed E-state index contributed by atoms with van der Waals surface area (Å²) < 4.78 is 5.26. The number of nitrogens with one attached hydrogen (secondary N) is 1. The summed E-state index contributed by atoms with van der Waals surface area (Å²) in [4.78, 5) is 4.37. The molecule has 3 rings (SSSR count). The van der Waals surface area contributed by atoms with Gasteiger partial charge >= 0.3 is 0 Å². The van der Waals surface area contributed by atoms with E-state index in [4.69, 9.17) is 4.52 Å². The Morgan fingerprint density at radius 2 is 2.09 bits per heavy atom. The summed E-state index contributed by atoms with van der Waals surface area (Å²) in [5, 5.41) is 21.0. The van der Waals surface area contributed by atoms with E-state index < -0.39 is 5.54 Å². The lowest BCUT2D eigenvalue weighted by molar-refractivity contribution is 0.168. The lowest BCUT2D eigenvalue weighted by Gasteiger charge is -2.28. The van der Waals surface area contributed by atoms with Crippen LogP contribution in [0.2, 0.25) is 0 Å². The molecule has 114 valence electrons. The molecule has 1 aromatic carbocycles. The van der Waals surface area contributed by atoms with E-state index in [0.29, 0.717) is 18.3 Å². The van der Waals surface area contributed by atoms with E-state index in [1.54, 1.807) is 11.3 Å². The molecular formula is C16H17N3O2S. The third-order valence-corrected chi connectivity index (χ3v) is 4.29. The molecule has 5 nitrogen and oxygen atoms in total. The van der Waals surface area contributed by atoms with E-state index >= 15 is 0 Å². The van der Waals surface area contributed by atoms with E-state index in [0.717, 1.165) is 11.1 Å². The third kappa shape index (κ3) is 3.09. The number of aliphatic hydroxyl groups excluding tert-OH is 1. The molecule has 0 bridgehead atoms. The average molecular weight is 315 g/mol. The fraction of sp³-hybridized carbons (Fsp3) is 0.250. The van der Waals surface area contributed by atoms with Crippen LogP contribution in [0.1, 0.15) is 18.4 Å². The standard InChI is InChI=1S/C16H17N3O2S/c1-16(11-20,13-5-3-2-4-6-13)17-9-14-18-15(19-21-14)12-7-8-22-10-12/h2-8,10,17,20H,9,11H2,1H3/t16-/m1/s1. The highest BCUT2D eigenvalue weighted by molar-refractivity contribution is 7.08. The first-order valence-corrected chi connectivity index (χ1v) is 7.92. The highest BCUT2D eigenvalue weighted by Crippen LogP contribution is 2.22. The highest BCUT2D eigenvalue weighted by atomic mass is 32.1. The molecule has 2 N–H and O–H groups in total. The number of rotatable bonds is 6. The molecule has 3 aromatic rings. The van der Waals surface area contributed by atoms with Gasteiger partial charge in [-0.15, -0.1) is 0 Å². The van der Waals surface area contributed by atoms with Crippen LogP contribution in [-0.2, 0) is 12.1 Å². The average Bonchev–Trinajstić information content (AvgIpc) is 3.24. The van der Waals surface area contributed by atoms with Crippen LogP contribution in [0.3, 0.4) is 0 Å². The minimum atomic E-state index is -0.557. The van der Waals surface area contributed by atoms with Gasteiger partial charge in [-0.1, -0.05) is 35.5 Å². The van der Waals surface area contributed by atoms with Gasteiger partial charge in [0.15, 0.2) is 0 Å². The molecule has 2 aromatic heterocycles.